The van der Waals surface area contributed by atoms with Crippen molar-refractivity contribution in [1.82, 2.24) is 3.12 Å². The molecule has 0 fully saturated rings. The number of carbonyl (C=O) groups excluding carboxylic acids is 2. The monoisotopic (exact) mass is 289 g/mol. The van der Waals surface area contributed by atoms with E-state index in [-0.39, 0.29) is 29.6 Å². The van der Waals surface area contributed by atoms with Crippen LogP contribution in [0.25, 0.3) is 0 Å². The van der Waals surface area contributed by atoms with E-state index >= 15 is 0 Å². The number of ether oxygens (including phenoxy) is 2. The highest BCUT2D eigenvalue weighted by Crippen LogP contribution is 2.29. The standard InChI is InChI=1S/C6H11NO6S3/c1-4-16(10,11)7(14-5(8)12-2)15-6(9)13-3/h4H2,1-3H3. The van der Waals surface area contributed by atoms with Crippen LogP contribution >= 0.6 is 23.9 Å². The lowest BCUT2D eigenvalue weighted by Gasteiger charge is -2.15. The van der Waals surface area contributed by atoms with Crippen LogP contribution in [0.1, 0.15) is 6.92 Å². The smallest absolute Gasteiger partial charge is 0.384 e. The second-order valence-corrected chi connectivity index (χ2v) is 6.75. The molecule has 0 heterocycles. The summed E-state index contributed by atoms with van der Waals surface area (Å²) in [4.78, 5) is 21.8. The van der Waals surface area contributed by atoms with E-state index in [1.54, 1.807) is 0 Å². The van der Waals surface area contributed by atoms with Crippen LogP contribution in [-0.2, 0) is 19.5 Å². The second-order valence-electron chi connectivity index (χ2n) is 2.19. The van der Waals surface area contributed by atoms with Crippen LogP contribution in [0.5, 0.6) is 0 Å². The fourth-order valence-electron chi connectivity index (χ4n) is 0.434. The highest BCUT2D eigenvalue weighted by atomic mass is 32.3. The first-order chi connectivity index (χ1) is 7.37. The van der Waals surface area contributed by atoms with Gasteiger partial charge in [0.2, 0.25) is 10.0 Å². The largest absolute Gasteiger partial charge is 0.460 e. The van der Waals surface area contributed by atoms with E-state index < -0.39 is 20.6 Å². The summed E-state index contributed by atoms with van der Waals surface area (Å²) >= 11 is 0.533. The maximum Gasteiger partial charge on any atom is 0.384 e. The van der Waals surface area contributed by atoms with Crippen LogP contribution < -0.4 is 0 Å². The lowest BCUT2D eigenvalue weighted by atomic mass is 11.0. The molecule has 16 heavy (non-hydrogen) atoms. The molecule has 0 bridgehead atoms. The molecular weight excluding hydrogens is 278 g/mol. The topological polar surface area (TPSA) is 90.0 Å². The minimum absolute atomic E-state index is 0.249. The van der Waals surface area contributed by atoms with Gasteiger partial charge in [0.1, 0.15) is 0 Å². The summed E-state index contributed by atoms with van der Waals surface area (Å²) in [6, 6.07) is 0. The van der Waals surface area contributed by atoms with Gasteiger partial charge in [-0.25, -0.2) is 18.0 Å². The van der Waals surface area contributed by atoms with E-state index in [4.69, 9.17) is 0 Å². The van der Waals surface area contributed by atoms with Crippen LogP contribution in [0.2, 0.25) is 0 Å². The quantitative estimate of drug-likeness (QED) is 0.567. The summed E-state index contributed by atoms with van der Waals surface area (Å²) in [7, 11) is -1.50. The summed E-state index contributed by atoms with van der Waals surface area (Å²) in [6.07, 6.45) is 0. The normalized spacial score (nSPS) is 11.2. The number of rotatable bonds is 4. The first-order valence-corrected chi connectivity index (χ1v) is 7.07. The molecule has 10 heteroatoms. The molecule has 0 rings (SSSR count). The van der Waals surface area contributed by atoms with Crippen LogP contribution in [0.4, 0.5) is 9.59 Å². The Balaban J connectivity index is 4.77. The van der Waals surface area contributed by atoms with Gasteiger partial charge in [0, 0.05) is 0 Å². The molecule has 0 saturated carbocycles. The van der Waals surface area contributed by atoms with E-state index in [1.165, 1.54) is 6.92 Å². The van der Waals surface area contributed by atoms with E-state index in [0.717, 1.165) is 14.2 Å². The van der Waals surface area contributed by atoms with Crippen LogP contribution in [-0.4, -0.2) is 42.1 Å². The summed E-state index contributed by atoms with van der Waals surface area (Å²) in [5.74, 6) is -0.249. The lowest BCUT2D eigenvalue weighted by molar-refractivity contribution is 0.200. The molecule has 0 unspecified atom stereocenters. The van der Waals surface area contributed by atoms with Crippen LogP contribution in [0, 0.1) is 0 Å². The molecule has 7 nitrogen and oxygen atoms in total. The molecule has 0 spiro atoms. The molecule has 0 amide bonds. The predicted octanol–water partition coefficient (Wildman–Crippen LogP) is 1.47. The number of hydrogen-bond donors (Lipinski definition) is 0. The van der Waals surface area contributed by atoms with Gasteiger partial charge in [0.25, 0.3) is 0 Å². The summed E-state index contributed by atoms with van der Waals surface area (Å²) < 4.78 is 32.1. The molecule has 0 aromatic rings. The van der Waals surface area contributed by atoms with Crippen molar-refractivity contribution in [3.63, 3.8) is 0 Å². The molecule has 0 aliphatic heterocycles. The van der Waals surface area contributed by atoms with Crippen molar-refractivity contribution in [2.45, 2.75) is 6.92 Å². The summed E-state index contributed by atoms with van der Waals surface area (Å²) in [5, 5.41) is -1.68. The van der Waals surface area contributed by atoms with Crippen LogP contribution in [0.3, 0.4) is 0 Å². The minimum atomic E-state index is -3.71. The van der Waals surface area contributed by atoms with Crippen LogP contribution in [0.15, 0.2) is 0 Å². The molecular formula is C6H11NO6S3. The molecule has 0 saturated heterocycles. The Morgan fingerprint density at radius 2 is 1.50 bits per heavy atom. The Morgan fingerprint density at radius 3 is 1.75 bits per heavy atom. The van der Waals surface area contributed by atoms with Gasteiger partial charge in [-0.3, -0.25) is 0 Å². The third-order valence-electron chi connectivity index (χ3n) is 1.22. The number of carbonyl (C=O) groups is 2. The average molecular weight is 289 g/mol. The van der Waals surface area contributed by atoms with Gasteiger partial charge < -0.3 is 9.47 Å². The van der Waals surface area contributed by atoms with Crippen molar-refractivity contribution in [2.24, 2.45) is 0 Å². The van der Waals surface area contributed by atoms with Gasteiger partial charge in [0.15, 0.2) is 0 Å². The van der Waals surface area contributed by atoms with E-state index in [1.807, 2.05) is 0 Å². The second kappa shape index (κ2) is 6.99. The van der Waals surface area contributed by atoms with Crippen molar-refractivity contribution in [3.05, 3.63) is 0 Å². The molecule has 0 aliphatic rings. The van der Waals surface area contributed by atoms with Crippen molar-refractivity contribution in [1.29, 1.82) is 0 Å². The van der Waals surface area contributed by atoms with Gasteiger partial charge in [-0.1, -0.05) is 3.12 Å². The molecule has 0 aromatic carbocycles. The first kappa shape index (κ1) is 15.6. The Morgan fingerprint density at radius 1 is 1.12 bits per heavy atom. The number of sulfonamides is 1. The van der Waals surface area contributed by atoms with Crippen molar-refractivity contribution in [2.75, 3.05) is 20.0 Å². The van der Waals surface area contributed by atoms with Crippen molar-refractivity contribution < 1.29 is 27.5 Å². The molecule has 0 atom stereocenters. The molecule has 0 aromatic heterocycles. The number of methoxy groups -OCH3 is 2. The Bertz CT molecular complexity index is 335. The van der Waals surface area contributed by atoms with Gasteiger partial charge in [-0.15, -0.1) is 0 Å². The van der Waals surface area contributed by atoms with E-state index in [2.05, 4.69) is 9.47 Å². The minimum Gasteiger partial charge on any atom is -0.460 e. The lowest BCUT2D eigenvalue weighted by Crippen LogP contribution is -2.23. The summed E-state index contributed by atoms with van der Waals surface area (Å²) in [6.45, 7) is 1.39. The van der Waals surface area contributed by atoms with E-state index in [9.17, 15) is 18.0 Å². The first-order valence-electron chi connectivity index (χ1n) is 3.92. The van der Waals surface area contributed by atoms with Gasteiger partial charge in [-0.05, 0) is 6.92 Å². The van der Waals surface area contributed by atoms with Gasteiger partial charge in [0.05, 0.1) is 43.9 Å². The molecule has 0 radical (unpaired) electrons. The highest BCUT2D eigenvalue weighted by molar-refractivity contribution is 8.32. The van der Waals surface area contributed by atoms with Crippen molar-refractivity contribution in [3.8, 4) is 0 Å². The fourth-order valence-corrected chi connectivity index (χ4v) is 3.46. The average Bonchev–Trinajstić information content (AvgIpc) is 2.27. The Hall–Kier alpha value is -0.450. The molecule has 0 aliphatic carbocycles. The highest BCUT2D eigenvalue weighted by Gasteiger charge is 2.28. The van der Waals surface area contributed by atoms with Gasteiger partial charge >= 0.3 is 10.6 Å². The Labute approximate surface area is 102 Å². The van der Waals surface area contributed by atoms with Crippen molar-refractivity contribution >= 4 is 44.5 Å². The third-order valence-corrected chi connectivity index (χ3v) is 5.59. The Kier molecular flexibility index (Phi) is 6.79. The third kappa shape index (κ3) is 5.05. The van der Waals surface area contributed by atoms with E-state index in [0.29, 0.717) is 3.12 Å². The number of hydrogen-bond acceptors (Lipinski definition) is 8. The predicted molar refractivity (Wildman–Crippen MR) is 61.3 cm³/mol. The fraction of sp³-hybridized carbons (Fsp3) is 0.667. The SMILES string of the molecule is CCS(=O)(=O)N(SC(=O)OC)SC(=O)OC. The number of nitrogens with zero attached hydrogens (tertiary/aromatic N) is 1. The zero-order valence-corrected chi connectivity index (χ0v) is 11.3. The zero-order chi connectivity index (χ0) is 12.8. The molecule has 0 N–H and O–H groups in total. The zero-order valence-electron chi connectivity index (χ0n) is 8.83. The summed E-state index contributed by atoms with van der Waals surface area (Å²) in [5.41, 5.74) is 0. The maximum atomic E-state index is 11.5. The molecule has 94 valence electrons. The van der Waals surface area contributed by atoms with Gasteiger partial charge in [-0.2, -0.15) is 0 Å². The maximum absolute atomic E-state index is 11.5.